The van der Waals surface area contributed by atoms with Gasteiger partial charge in [-0.1, -0.05) is 0 Å². The molecule has 26 heavy (non-hydrogen) atoms. The molecule has 2 fully saturated rings. The molecule has 1 N–H and O–H groups in total. The van der Waals surface area contributed by atoms with Gasteiger partial charge in [0.15, 0.2) is 5.65 Å². The maximum Gasteiger partial charge on any atom is 0.160 e. The molecule has 134 valence electrons. The van der Waals surface area contributed by atoms with Gasteiger partial charge in [0, 0.05) is 38.3 Å². The van der Waals surface area contributed by atoms with Gasteiger partial charge in [0.1, 0.15) is 23.8 Å². The Morgan fingerprint density at radius 3 is 3.00 bits per heavy atom. The van der Waals surface area contributed by atoms with Crippen LogP contribution in [0.3, 0.4) is 0 Å². The Kier molecular flexibility index (Phi) is 3.69. The minimum absolute atomic E-state index is 0.391. The van der Waals surface area contributed by atoms with E-state index in [4.69, 9.17) is 4.98 Å². The van der Waals surface area contributed by atoms with Crippen LogP contribution in [0.25, 0.3) is 11.0 Å². The molecule has 1 saturated carbocycles. The topological polar surface area (TPSA) is 86.7 Å². The molecule has 0 radical (unpaired) electrons. The van der Waals surface area contributed by atoms with Crippen molar-refractivity contribution in [2.45, 2.75) is 37.6 Å². The Morgan fingerprint density at radius 2 is 2.12 bits per heavy atom. The van der Waals surface area contributed by atoms with Crippen molar-refractivity contribution in [3.05, 3.63) is 30.6 Å². The fraction of sp³-hybridized carbons (Fsp3) is 0.500. The van der Waals surface area contributed by atoms with Gasteiger partial charge < -0.3 is 9.80 Å². The van der Waals surface area contributed by atoms with Gasteiger partial charge in [-0.3, -0.25) is 5.10 Å². The molecule has 5 rings (SSSR count). The largest absolute Gasteiger partial charge is 0.355 e. The third-order valence-electron chi connectivity index (χ3n) is 5.43. The SMILES string of the molecule is CN(c1ccnc(C2CC2)n1)C1CCCN(c2ncnc3[nH]ncc23)C1. The fourth-order valence-corrected chi connectivity index (χ4v) is 3.75. The molecule has 1 saturated heterocycles. The summed E-state index contributed by atoms with van der Waals surface area (Å²) in [6.07, 6.45) is 10.0. The maximum atomic E-state index is 4.80. The smallest absolute Gasteiger partial charge is 0.160 e. The monoisotopic (exact) mass is 350 g/mol. The van der Waals surface area contributed by atoms with Crippen molar-refractivity contribution >= 4 is 22.7 Å². The average molecular weight is 350 g/mol. The lowest BCUT2D eigenvalue weighted by Crippen LogP contribution is -2.47. The predicted molar refractivity (Wildman–Crippen MR) is 99.3 cm³/mol. The van der Waals surface area contributed by atoms with Crippen LogP contribution < -0.4 is 9.80 Å². The fourth-order valence-electron chi connectivity index (χ4n) is 3.75. The molecule has 0 aromatic carbocycles. The van der Waals surface area contributed by atoms with E-state index >= 15 is 0 Å². The number of fused-ring (bicyclic) bond motifs is 1. The van der Waals surface area contributed by atoms with Crippen molar-refractivity contribution in [1.82, 2.24) is 30.1 Å². The third kappa shape index (κ3) is 2.75. The van der Waals surface area contributed by atoms with E-state index in [9.17, 15) is 0 Å². The van der Waals surface area contributed by atoms with E-state index in [0.717, 1.165) is 54.4 Å². The normalized spacial score (nSPS) is 20.5. The number of aromatic amines is 1. The van der Waals surface area contributed by atoms with E-state index in [0.29, 0.717) is 12.0 Å². The zero-order chi connectivity index (χ0) is 17.5. The second-order valence-electron chi connectivity index (χ2n) is 7.23. The Morgan fingerprint density at radius 1 is 1.19 bits per heavy atom. The Hall–Kier alpha value is -2.77. The minimum atomic E-state index is 0.391. The van der Waals surface area contributed by atoms with Gasteiger partial charge in [-0.05, 0) is 31.7 Å². The van der Waals surface area contributed by atoms with Crippen LogP contribution >= 0.6 is 0 Å². The van der Waals surface area contributed by atoms with E-state index in [-0.39, 0.29) is 0 Å². The van der Waals surface area contributed by atoms with Crippen molar-refractivity contribution in [2.75, 3.05) is 29.9 Å². The molecule has 8 nitrogen and oxygen atoms in total. The van der Waals surface area contributed by atoms with E-state index in [1.54, 1.807) is 6.33 Å². The summed E-state index contributed by atoms with van der Waals surface area (Å²) >= 11 is 0. The van der Waals surface area contributed by atoms with Gasteiger partial charge in [0.05, 0.1) is 11.6 Å². The van der Waals surface area contributed by atoms with Gasteiger partial charge in [-0.2, -0.15) is 5.10 Å². The lowest BCUT2D eigenvalue weighted by atomic mass is 10.0. The van der Waals surface area contributed by atoms with Gasteiger partial charge in [-0.15, -0.1) is 0 Å². The number of anilines is 2. The number of hydrogen-bond donors (Lipinski definition) is 1. The Labute approximate surface area is 151 Å². The van der Waals surface area contributed by atoms with Crippen LogP contribution in [0.4, 0.5) is 11.6 Å². The van der Waals surface area contributed by atoms with Crippen LogP contribution in [0, 0.1) is 0 Å². The van der Waals surface area contributed by atoms with Crippen molar-refractivity contribution in [1.29, 1.82) is 0 Å². The first-order valence-corrected chi connectivity index (χ1v) is 9.24. The Balaban J connectivity index is 1.38. The summed E-state index contributed by atoms with van der Waals surface area (Å²) in [6.45, 7) is 1.91. The van der Waals surface area contributed by atoms with Gasteiger partial charge in [0.25, 0.3) is 0 Å². The van der Waals surface area contributed by atoms with E-state index in [1.807, 2.05) is 18.5 Å². The van der Waals surface area contributed by atoms with Crippen LogP contribution in [0.1, 0.15) is 37.4 Å². The van der Waals surface area contributed by atoms with Gasteiger partial charge >= 0.3 is 0 Å². The number of likely N-dealkylation sites (N-methyl/N-ethyl adjacent to an activating group) is 1. The molecular weight excluding hydrogens is 328 g/mol. The first kappa shape index (κ1) is 15.5. The van der Waals surface area contributed by atoms with Gasteiger partial charge in [-0.25, -0.2) is 19.9 Å². The quantitative estimate of drug-likeness (QED) is 0.771. The number of rotatable bonds is 4. The standard InChI is InChI=1S/C18H22N8/c1-25(15-6-7-19-16(23-15)12-4-5-12)13-3-2-8-26(10-13)18-14-9-22-24-17(14)20-11-21-18/h6-7,9,11-13H,2-5,8,10H2,1H3,(H,20,21,22,24). The molecule has 2 aliphatic rings. The summed E-state index contributed by atoms with van der Waals surface area (Å²) in [4.78, 5) is 22.7. The van der Waals surface area contributed by atoms with E-state index < -0.39 is 0 Å². The molecule has 1 aliphatic heterocycles. The first-order chi connectivity index (χ1) is 12.8. The molecule has 4 heterocycles. The highest BCUT2D eigenvalue weighted by molar-refractivity contribution is 5.86. The van der Waals surface area contributed by atoms with Crippen molar-refractivity contribution in [3.63, 3.8) is 0 Å². The van der Waals surface area contributed by atoms with Crippen molar-refractivity contribution < 1.29 is 0 Å². The number of piperidine rings is 1. The lowest BCUT2D eigenvalue weighted by molar-refractivity contribution is 0.483. The van der Waals surface area contributed by atoms with E-state index in [2.05, 4.69) is 42.0 Å². The van der Waals surface area contributed by atoms with Crippen LogP contribution in [-0.4, -0.2) is 56.3 Å². The average Bonchev–Trinajstić information content (AvgIpc) is 3.44. The Bertz CT molecular complexity index is 918. The second kappa shape index (κ2) is 6.19. The highest BCUT2D eigenvalue weighted by Crippen LogP contribution is 2.38. The molecule has 1 aliphatic carbocycles. The van der Waals surface area contributed by atoms with Gasteiger partial charge in [0.2, 0.25) is 0 Å². The molecular formula is C18H22N8. The number of nitrogens with zero attached hydrogens (tertiary/aromatic N) is 7. The van der Waals surface area contributed by atoms with Crippen LogP contribution in [0.5, 0.6) is 0 Å². The molecule has 3 aromatic rings. The molecule has 8 heteroatoms. The molecule has 0 bridgehead atoms. The summed E-state index contributed by atoms with van der Waals surface area (Å²) in [5.74, 6) is 3.55. The van der Waals surface area contributed by atoms with E-state index in [1.165, 1.54) is 12.8 Å². The molecule has 3 aromatic heterocycles. The summed E-state index contributed by atoms with van der Waals surface area (Å²) < 4.78 is 0. The van der Waals surface area contributed by atoms with Crippen LogP contribution in [-0.2, 0) is 0 Å². The maximum absolute atomic E-state index is 4.80. The zero-order valence-electron chi connectivity index (χ0n) is 14.8. The summed E-state index contributed by atoms with van der Waals surface area (Å²) in [7, 11) is 2.14. The molecule has 1 unspecified atom stereocenters. The number of nitrogens with one attached hydrogen (secondary N) is 1. The lowest BCUT2D eigenvalue weighted by Gasteiger charge is -2.38. The highest BCUT2D eigenvalue weighted by atomic mass is 15.3. The number of H-pyrrole nitrogens is 1. The van der Waals surface area contributed by atoms with Crippen molar-refractivity contribution in [2.24, 2.45) is 0 Å². The first-order valence-electron chi connectivity index (χ1n) is 9.24. The van der Waals surface area contributed by atoms with Crippen molar-refractivity contribution in [3.8, 4) is 0 Å². The molecule has 0 amide bonds. The summed E-state index contributed by atoms with van der Waals surface area (Å²) in [6, 6.07) is 2.41. The zero-order valence-corrected chi connectivity index (χ0v) is 14.8. The second-order valence-corrected chi connectivity index (χ2v) is 7.23. The van der Waals surface area contributed by atoms with Crippen LogP contribution in [0.2, 0.25) is 0 Å². The summed E-state index contributed by atoms with van der Waals surface area (Å²) in [5, 5.41) is 8.02. The number of aromatic nitrogens is 6. The summed E-state index contributed by atoms with van der Waals surface area (Å²) in [5.41, 5.74) is 0.787. The highest BCUT2D eigenvalue weighted by Gasteiger charge is 2.29. The third-order valence-corrected chi connectivity index (χ3v) is 5.43. The minimum Gasteiger partial charge on any atom is -0.355 e. The van der Waals surface area contributed by atoms with Crippen LogP contribution in [0.15, 0.2) is 24.8 Å². The molecule has 1 atom stereocenters. The number of hydrogen-bond acceptors (Lipinski definition) is 7. The molecule has 0 spiro atoms. The predicted octanol–water partition coefficient (Wildman–Crippen LogP) is 2.13.